The van der Waals surface area contributed by atoms with Crippen LogP contribution in [0.1, 0.15) is 31.9 Å². The summed E-state index contributed by atoms with van der Waals surface area (Å²) in [7, 11) is 0. The summed E-state index contributed by atoms with van der Waals surface area (Å²) in [5.74, 6) is -0.763. The fraction of sp³-hybridized carbons (Fsp3) is 0.412. The number of aryl methyl sites for hydroxylation is 1. The van der Waals surface area contributed by atoms with Crippen LogP contribution in [-0.4, -0.2) is 24.0 Å². The Morgan fingerprint density at radius 3 is 2.68 bits per heavy atom. The van der Waals surface area contributed by atoms with Crippen LogP contribution in [-0.2, 0) is 20.7 Å². The van der Waals surface area contributed by atoms with Crippen molar-refractivity contribution in [1.29, 1.82) is 0 Å². The molecule has 2 rings (SSSR count). The number of fused-ring (bicyclic) bond motifs is 1. The van der Waals surface area contributed by atoms with E-state index in [1.807, 2.05) is 45.9 Å². The summed E-state index contributed by atoms with van der Waals surface area (Å²) in [6.45, 7) is 7.31. The third-order valence-corrected chi connectivity index (χ3v) is 3.02. The molecular weight excluding hydrogens is 282 g/mol. The molecule has 5 nitrogen and oxygen atoms in total. The number of hydrogen-bond donors (Lipinski definition) is 1. The molecule has 1 heterocycles. The predicted octanol–water partition coefficient (Wildman–Crippen LogP) is 2.74. The van der Waals surface area contributed by atoms with Crippen LogP contribution in [0.2, 0.25) is 0 Å². The van der Waals surface area contributed by atoms with Gasteiger partial charge in [0.25, 0.3) is 5.91 Å². The highest BCUT2D eigenvalue weighted by molar-refractivity contribution is 5.87. The van der Waals surface area contributed by atoms with Gasteiger partial charge in [0.1, 0.15) is 5.58 Å². The zero-order valence-corrected chi connectivity index (χ0v) is 13.4. The van der Waals surface area contributed by atoms with Gasteiger partial charge >= 0.3 is 5.97 Å². The van der Waals surface area contributed by atoms with E-state index in [9.17, 15) is 9.59 Å². The molecule has 0 aliphatic carbocycles. The van der Waals surface area contributed by atoms with Crippen molar-refractivity contribution in [3.63, 3.8) is 0 Å². The lowest BCUT2D eigenvalue weighted by atomic mass is 10.1. The third kappa shape index (κ3) is 4.35. The van der Waals surface area contributed by atoms with Gasteiger partial charge in [0.2, 0.25) is 0 Å². The molecule has 0 spiro atoms. The van der Waals surface area contributed by atoms with E-state index in [1.54, 1.807) is 6.26 Å². The number of nitrogens with one attached hydrogen (secondary N) is 1. The number of hydrogen-bond acceptors (Lipinski definition) is 4. The third-order valence-electron chi connectivity index (χ3n) is 3.02. The van der Waals surface area contributed by atoms with E-state index in [1.165, 1.54) is 0 Å². The first-order valence-corrected chi connectivity index (χ1v) is 7.18. The first kappa shape index (κ1) is 16.1. The average molecular weight is 303 g/mol. The molecule has 2 aromatic rings. The molecule has 1 amide bonds. The van der Waals surface area contributed by atoms with Crippen molar-refractivity contribution in [3.05, 3.63) is 35.6 Å². The number of carbonyl (C=O) groups is 2. The van der Waals surface area contributed by atoms with Gasteiger partial charge in [-0.1, -0.05) is 12.1 Å². The molecule has 0 fully saturated rings. The van der Waals surface area contributed by atoms with E-state index in [0.717, 1.165) is 22.1 Å². The zero-order chi connectivity index (χ0) is 16.3. The molecule has 0 bridgehead atoms. The molecule has 1 aromatic heterocycles. The van der Waals surface area contributed by atoms with Crippen molar-refractivity contribution in [2.24, 2.45) is 0 Å². The van der Waals surface area contributed by atoms with Crippen LogP contribution in [0.15, 0.2) is 28.9 Å². The summed E-state index contributed by atoms with van der Waals surface area (Å²) in [4.78, 5) is 23.5. The van der Waals surface area contributed by atoms with E-state index < -0.39 is 5.97 Å². The summed E-state index contributed by atoms with van der Waals surface area (Å²) < 4.78 is 10.4. The molecule has 0 saturated carbocycles. The molecule has 1 aromatic carbocycles. The minimum absolute atomic E-state index is 0.0822. The van der Waals surface area contributed by atoms with Gasteiger partial charge in [-0.3, -0.25) is 9.59 Å². The average Bonchev–Trinajstić information content (AvgIpc) is 2.77. The van der Waals surface area contributed by atoms with Crippen LogP contribution in [0.4, 0.5) is 0 Å². The van der Waals surface area contributed by atoms with Crippen molar-refractivity contribution >= 4 is 22.8 Å². The van der Waals surface area contributed by atoms with Gasteiger partial charge in [-0.2, -0.15) is 0 Å². The summed E-state index contributed by atoms with van der Waals surface area (Å²) in [6.07, 6.45) is 1.64. The Morgan fingerprint density at radius 1 is 1.27 bits per heavy atom. The zero-order valence-electron chi connectivity index (χ0n) is 13.4. The highest BCUT2D eigenvalue weighted by Crippen LogP contribution is 2.22. The smallest absolute Gasteiger partial charge is 0.310 e. The second-order valence-electron chi connectivity index (χ2n) is 6.40. The minimum Gasteiger partial charge on any atom is -0.464 e. The van der Waals surface area contributed by atoms with E-state index >= 15 is 0 Å². The van der Waals surface area contributed by atoms with Crippen LogP contribution in [0.3, 0.4) is 0 Å². The van der Waals surface area contributed by atoms with Gasteiger partial charge in [-0.15, -0.1) is 0 Å². The molecule has 0 unspecified atom stereocenters. The maximum Gasteiger partial charge on any atom is 0.310 e. The van der Waals surface area contributed by atoms with Gasteiger partial charge in [-0.25, -0.2) is 0 Å². The number of amides is 1. The van der Waals surface area contributed by atoms with Crippen molar-refractivity contribution in [2.75, 3.05) is 6.61 Å². The first-order chi connectivity index (χ1) is 10.2. The number of ether oxygens (including phenoxy) is 1. The number of carbonyl (C=O) groups excluding carboxylic acids is 2. The molecule has 0 radical (unpaired) electrons. The van der Waals surface area contributed by atoms with Crippen molar-refractivity contribution < 1.29 is 18.7 Å². The normalized spacial score (nSPS) is 11.5. The van der Waals surface area contributed by atoms with Gasteiger partial charge in [-0.05, 0) is 39.3 Å². The number of esters is 1. The van der Waals surface area contributed by atoms with Gasteiger partial charge in [0.05, 0.1) is 12.7 Å². The first-order valence-electron chi connectivity index (χ1n) is 7.18. The number of benzene rings is 1. The molecule has 0 saturated heterocycles. The van der Waals surface area contributed by atoms with Gasteiger partial charge < -0.3 is 14.5 Å². The Balaban J connectivity index is 1.93. The second-order valence-corrected chi connectivity index (χ2v) is 6.40. The lowest BCUT2D eigenvalue weighted by Gasteiger charge is -2.20. The highest BCUT2D eigenvalue weighted by Gasteiger charge is 2.16. The standard InChI is InChI=1S/C17H21NO4/c1-11-5-6-13-12(9-21-14(13)7-11)8-16(20)22-10-15(19)18-17(2,3)4/h5-7,9H,8,10H2,1-4H3,(H,18,19). The molecule has 1 N–H and O–H groups in total. The second kappa shape index (κ2) is 6.22. The topological polar surface area (TPSA) is 68.5 Å². The highest BCUT2D eigenvalue weighted by atomic mass is 16.5. The Kier molecular flexibility index (Phi) is 4.54. The largest absolute Gasteiger partial charge is 0.464 e. The predicted molar refractivity (Wildman–Crippen MR) is 83.5 cm³/mol. The Bertz CT molecular complexity index is 694. The van der Waals surface area contributed by atoms with Crippen LogP contribution in [0.25, 0.3) is 11.0 Å². The van der Waals surface area contributed by atoms with Crippen LogP contribution in [0, 0.1) is 6.92 Å². The summed E-state index contributed by atoms with van der Waals surface area (Å²) >= 11 is 0. The van der Waals surface area contributed by atoms with Crippen LogP contribution >= 0.6 is 0 Å². The molecule has 0 aliphatic rings. The maximum atomic E-state index is 11.8. The van der Waals surface area contributed by atoms with Crippen molar-refractivity contribution in [3.8, 4) is 0 Å². The molecule has 0 aliphatic heterocycles. The number of rotatable bonds is 4. The summed E-state index contributed by atoms with van der Waals surface area (Å²) in [5, 5.41) is 3.62. The fourth-order valence-electron chi connectivity index (χ4n) is 2.13. The van der Waals surface area contributed by atoms with E-state index in [2.05, 4.69) is 5.32 Å². The lowest BCUT2D eigenvalue weighted by Crippen LogP contribution is -2.42. The SMILES string of the molecule is Cc1ccc2c(CC(=O)OCC(=O)NC(C)(C)C)coc2c1. The fourth-order valence-corrected chi connectivity index (χ4v) is 2.13. The number of furan rings is 1. The van der Waals surface area contributed by atoms with E-state index in [4.69, 9.17) is 9.15 Å². The lowest BCUT2D eigenvalue weighted by molar-refractivity contribution is -0.148. The van der Waals surface area contributed by atoms with E-state index in [0.29, 0.717) is 0 Å². The van der Waals surface area contributed by atoms with Crippen LogP contribution in [0.5, 0.6) is 0 Å². The molecule has 5 heteroatoms. The monoisotopic (exact) mass is 303 g/mol. The molecule has 22 heavy (non-hydrogen) atoms. The summed E-state index contributed by atoms with van der Waals surface area (Å²) in [5.41, 5.74) is 2.25. The quantitative estimate of drug-likeness (QED) is 0.882. The molecular formula is C17H21NO4. The van der Waals surface area contributed by atoms with Crippen molar-refractivity contribution in [2.45, 2.75) is 39.7 Å². The Hall–Kier alpha value is -2.30. The minimum atomic E-state index is -0.452. The van der Waals surface area contributed by atoms with Gasteiger partial charge in [0, 0.05) is 16.5 Å². The van der Waals surface area contributed by atoms with Crippen molar-refractivity contribution in [1.82, 2.24) is 5.32 Å². The summed E-state index contributed by atoms with van der Waals surface area (Å²) in [6, 6.07) is 5.80. The maximum absolute atomic E-state index is 11.8. The molecule has 118 valence electrons. The van der Waals surface area contributed by atoms with Gasteiger partial charge in [0.15, 0.2) is 6.61 Å². The van der Waals surface area contributed by atoms with E-state index in [-0.39, 0.29) is 24.5 Å². The Morgan fingerprint density at radius 2 is 2.00 bits per heavy atom. The molecule has 0 atom stereocenters. The van der Waals surface area contributed by atoms with Crippen LogP contribution < -0.4 is 5.32 Å². The Labute approximate surface area is 129 Å².